The summed E-state index contributed by atoms with van der Waals surface area (Å²) in [7, 11) is 3.19. The Kier molecular flexibility index (Phi) is 5.32. The fraction of sp³-hybridized carbons (Fsp3) is 0.250. The summed E-state index contributed by atoms with van der Waals surface area (Å²) in [5.41, 5.74) is 2.23. The number of fused-ring (bicyclic) bond motifs is 2. The summed E-state index contributed by atoms with van der Waals surface area (Å²) in [6, 6.07) is 10.3. The Hall–Kier alpha value is -3.55. The molecule has 4 aromatic rings. The van der Waals surface area contributed by atoms with Crippen LogP contribution in [0.15, 0.2) is 53.1 Å². The number of hydrogen-bond donors (Lipinski definition) is 0. The molecule has 0 N–H and O–H groups in total. The predicted octanol–water partition coefficient (Wildman–Crippen LogP) is 6.30. The smallest absolute Gasteiger partial charge is 0.416 e. The first-order chi connectivity index (χ1) is 15.1. The number of furan rings is 1. The standard InChI is InChI=1S/C24H21F3N2O3/c1-13(2)29(3)20-10-15-9-14(23(30)31-4)5-7-19(15)28-22(20)18-12-32-21-8-6-16(11-17(18)21)24(25,26)27/h5-13H,1-4H3. The molecule has 166 valence electrons. The predicted molar refractivity (Wildman–Crippen MR) is 117 cm³/mol. The Morgan fingerprint density at radius 3 is 2.53 bits per heavy atom. The number of aromatic nitrogens is 1. The van der Waals surface area contributed by atoms with Crippen molar-refractivity contribution in [1.29, 1.82) is 0 Å². The van der Waals surface area contributed by atoms with E-state index in [0.717, 1.165) is 12.1 Å². The van der Waals surface area contributed by atoms with E-state index in [0.29, 0.717) is 44.4 Å². The highest BCUT2D eigenvalue weighted by Gasteiger charge is 2.31. The fourth-order valence-corrected chi connectivity index (χ4v) is 3.54. The Bertz CT molecular complexity index is 1330. The van der Waals surface area contributed by atoms with Crippen LogP contribution in [-0.4, -0.2) is 31.2 Å². The molecular formula is C24H21F3N2O3. The van der Waals surface area contributed by atoms with Crippen LogP contribution < -0.4 is 4.90 Å². The molecule has 32 heavy (non-hydrogen) atoms. The third-order valence-corrected chi connectivity index (χ3v) is 5.53. The summed E-state index contributed by atoms with van der Waals surface area (Å²) in [5, 5.41) is 1.04. The molecule has 0 atom stereocenters. The highest BCUT2D eigenvalue weighted by Crippen LogP contribution is 2.40. The molecule has 0 bridgehead atoms. The molecule has 0 aliphatic carbocycles. The molecule has 0 fully saturated rings. The van der Waals surface area contributed by atoms with E-state index in [9.17, 15) is 18.0 Å². The maximum Gasteiger partial charge on any atom is 0.416 e. The zero-order valence-corrected chi connectivity index (χ0v) is 17.9. The van der Waals surface area contributed by atoms with Crippen LogP contribution in [0.2, 0.25) is 0 Å². The van der Waals surface area contributed by atoms with Gasteiger partial charge in [0.1, 0.15) is 11.8 Å². The number of nitrogens with zero attached hydrogens (tertiary/aromatic N) is 2. The quantitative estimate of drug-likeness (QED) is 0.347. The third-order valence-electron chi connectivity index (χ3n) is 5.53. The van der Waals surface area contributed by atoms with Crippen LogP contribution in [0, 0.1) is 0 Å². The van der Waals surface area contributed by atoms with Gasteiger partial charge in [0.05, 0.1) is 35.1 Å². The number of methoxy groups -OCH3 is 1. The number of halogens is 3. The lowest BCUT2D eigenvalue weighted by molar-refractivity contribution is -0.137. The number of pyridine rings is 1. The van der Waals surface area contributed by atoms with Crippen molar-refractivity contribution < 1.29 is 27.1 Å². The first-order valence-electron chi connectivity index (χ1n) is 9.95. The zero-order chi connectivity index (χ0) is 23.2. The van der Waals surface area contributed by atoms with Gasteiger partial charge in [0, 0.05) is 29.4 Å². The zero-order valence-electron chi connectivity index (χ0n) is 17.9. The number of alkyl halides is 3. The maximum atomic E-state index is 13.3. The van der Waals surface area contributed by atoms with Crippen molar-refractivity contribution in [3.05, 3.63) is 59.9 Å². The highest BCUT2D eigenvalue weighted by atomic mass is 19.4. The van der Waals surface area contributed by atoms with Gasteiger partial charge in [0.15, 0.2) is 0 Å². The van der Waals surface area contributed by atoms with Gasteiger partial charge < -0.3 is 14.1 Å². The van der Waals surface area contributed by atoms with Crippen LogP contribution in [0.3, 0.4) is 0 Å². The van der Waals surface area contributed by atoms with E-state index in [1.165, 1.54) is 19.4 Å². The van der Waals surface area contributed by atoms with Gasteiger partial charge in [0.2, 0.25) is 0 Å². The van der Waals surface area contributed by atoms with E-state index >= 15 is 0 Å². The minimum Gasteiger partial charge on any atom is -0.465 e. The summed E-state index contributed by atoms with van der Waals surface area (Å²) < 4.78 is 50.3. The second kappa shape index (κ2) is 7.85. The summed E-state index contributed by atoms with van der Waals surface area (Å²) in [4.78, 5) is 18.7. The summed E-state index contributed by atoms with van der Waals surface area (Å²) in [6.07, 6.45) is -3.04. The van der Waals surface area contributed by atoms with E-state index < -0.39 is 17.7 Å². The number of ether oxygens (including phenoxy) is 1. The average molecular weight is 442 g/mol. The van der Waals surface area contributed by atoms with E-state index in [4.69, 9.17) is 14.1 Å². The van der Waals surface area contributed by atoms with E-state index in [1.807, 2.05) is 31.9 Å². The van der Waals surface area contributed by atoms with Crippen LogP contribution in [-0.2, 0) is 10.9 Å². The van der Waals surface area contributed by atoms with Crippen LogP contribution in [0.5, 0.6) is 0 Å². The number of benzene rings is 2. The van der Waals surface area contributed by atoms with Crippen molar-refractivity contribution in [3.8, 4) is 11.3 Å². The van der Waals surface area contributed by atoms with Crippen LogP contribution in [0.1, 0.15) is 29.8 Å². The van der Waals surface area contributed by atoms with Crippen molar-refractivity contribution in [2.75, 3.05) is 19.1 Å². The molecule has 0 saturated carbocycles. The second-order valence-electron chi connectivity index (χ2n) is 7.82. The SMILES string of the molecule is COC(=O)c1ccc2nc(-c3coc4ccc(C(F)(F)F)cc34)c(N(C)C(C)C)cc2c1. The topological polar surface area (TPSA) is 55.6 Å². The van der Waals surface area contributed by atoms with Crippen LogP contribution in [0.25, 0.3) is 33.1 Å². The molecule has 0 spiro atoms. The first-order valence-corrected chi connectivity index (χ1v) is 9.95. The number of carbonyl (C=O) groups is 1. The lowest BCUT2D eigenvalue weighted by atomic mass is 10.0. The largest absolute Gasteiger partial charge is 0.465 e. The molecule has 4 rings (SSSR count). The fourth-order valence-electron chi connectivity index (χ4n) is 3.54. The molecule has 2 aromatic carbocycles. The molecule has 0 radical (unpaired) electrons. The van der Waals surface area contributed by atoms with Gasteiger partial charge in [-0.3, -0.25) is 0 Å². The molecule has 2 aromatic heterocycles. The van der Waals surface area contributed by atoms with Gasteiger partial charge >= 0.3 is 12.1 Å². The van der Waals surface area contributed by atoms with Crippen molar-refractivity contribution in [1.82, 2.24) is 4.98 Å². The van der Waals surface area contributed by atoms with E-state index in [2.05, 4.69) is 0 Å². The first kappa shape index (κ1) is 21.7. The Morgan fingerprint density at radius 2 is 1.88 bits per heavy atom. The van der Waals surface area contributed by atoms with Gasteiger partial charge in [-0.1, -0.05) is 0 Å². The minimum absolute atomic E-state index is 0.0840. The van der Waals surface area contributed by atoms with Gasteiger partial charge in [-0.15, -0.1) is 0 Å². The van der Waals surface area contributed by atoms with Crippen LogP contribution in [0.4, 0.5) is 18.9 Å². The Balaban J connectivity index is 1.98. The molecule has 0 unspecified atom stereocenters. The van der Waals surface area contributed by atoms with Crippen molar-refractivity contribution in [2.24, 2.45) is 0 Å². The highest BCUT2D eigenvalue weighted by molar-refractivity contribution is 6.01. The monoisotopic (exact) mass is 442 g/mol. The summed E-state index contributed by atoms with van der Waals surface area (Å²) in [6.45, 7) is 3.99. The third kappa shape index (κ3) is 3.77. The van der Waals surface area contributed by atoms with Crippen molar-refractivity contribution in [2.45, 2.75) is 26.1 Å². The minimum atomic E-state index is -4.47. The number of carbonyl (C=O) groups excluding carboxylic acids is 1. The molecule has 5 nitrogen and oxygen atoms in total. The molecular weight excluding hydrogens is 421 g/mol. The van der Waals surface area contributed by atoms with Crippen LogP contribution >= 0.6 is 0 Å². The maximum absolute atomic E-state index is 13.3. The molecule has 8 heteroatoms. The average Bonchev–Trinajstić information content (AvgIpc) is 3.19. The normalized spacial score (nSPS) is 12.0. The van der Waals surface area contributed by atoms with Gasteiger partial charge in [-0.25, -0.2) is 9.78 Å². The number of anilines is 1. The lowest BCUT2D eigenvalue weighted by Gasteiger charge is -2.26. The lowest BCUT2D eigenvalue weighted by Crippen LogP contribution is -2.26. The van der Waals surface area contributed by atoms with E-state index in [1.54, 1.807) is 18.2 Å². The van der Waals surface area contributed by atoms with Crippen molar-refractivity contribution in [3.63, 3.8) is 0 Å². The van der Waals surface area contributed by atoms with Crippen molar-refractivity contribution >= 4 is 33.5 Å². The van der Waals surface area contributed by atoms with Gasteiger partial charge in [0.25, 0.3) is 0 Å². The molecule has 0 amide bonds. The molecule has 0 aliphatic rings. The Morgan fingerprint density at radius 1 is 1.12 bits per heavy atom. The Labute approximate surface area is 182 Å². The molecule has 0 aliphatic heterocycles. The molecule has 0 saturated heterocycles. The summed E-state index contributed by atoms with van der Waals surface area (Å²) >= 11 is 0. The summed E-state index contributed by atoms with van der Waals surface area (Å²) in [5.74, 6) is -0.463. The number of hydrogen-bond acceptors (Lipinski definition) is 5. The van der Waals surface area contributed by atoms with E-state index in [-0.39, 0.29) is 6.04 Å². The van der Waals surface area contributed by atoms with Gasteiger partial charge in [-0.05, 0) is 56.3 Å². The molecule has 2 heterocycles. The second-order valence-corrected chi connectivity index (χ2v) is 7.82. The van der Waals surface area contributed by atoms with Gasteiger partial charge in [-0.2, -0.15) is 13.2 Å². The number of esters is 1. The number of rotatable bonds is 4.